The van der Waals surface area contributed by atoms with Crippen molar-refractivity contribution >= 4 is 32.7 Å². The van der Waals surface area contributed by atoms with E-state index in [9.17, 15) is 9.59 Å². The van der Waals surface area contributed by atoms with Crippen LogP contribution in [0.3, 0.4) is 0 Å². The molecule has 0 aliphatic heterocycles. The molecule has 0 bridgehead atoms. The molecule has 3 aromatic carbocycles. The zero-order valence-electron chi connectivity index (χ0n) is 20.6. The van der Waals surface area contributed by atoms with E-state index in [0.717, 1.165) is 27.1 Å². The molecular formula is C31H18N4O4. The van der Waals surface area contributed by atoms with Crippen LogP contribution in [0.5, 0.6) is 0 Å². The number of rotatable bonds is 3. The number of hydrogen-bond donors (Lipinski definition) is 0. The largest absolute Gasteiger partial charge is 0.422 e. The Morgan fingerprint density at radius 2 is 1.13 bits per heavy atom. The number of aryl methyl sites for hydroxylation is 1. The minimum atomic E-state index is -0.491. The summed E-state index contributed by atoms with van der Waals surface area (Å²) in [5, 5.41) is 3.46. The molecule has 4 aromatic heterocycles. The first-order valence-corrected chi connectivity index (χ1v) is 12.2. The van der Waals surface area contributed by atoms with Gasteiger partial charge in [0.1, 0.15) is 22.6 Å². The van der Waals surface area contributed by atoms with Crippen molar-refractivity contribution in [3.05, 3.63) is 118 Å². The van der Waals surface area contributed by atoms with Gasteiger partial charge in [-0.2, -0.15) is 0 Å². The molecule has 0 saturated carbocycles. The van der Waals surface area contributed by atoms with Gasteiger partial charge in [0.05, 0.1) is 47.3 Å². The van der Waals surface area contributed by atoms with Crippen LogP contribution < -0.4 is 11.3 Å². The van der Waals surface area contributed by atoms with Crippen LogP contribution in [0.1, 0.15) is 5.56 Å². The van der Waals surface area contributed by atoms with Crippen molar-refractivity contribution in [2.24, 2.45) is 0 Å². The van der Waals surface area contributed by atoms with Crippen LogP contribution in [0.15, 0.2) is 110 Å². The van der Waals surface area contributed by atoms with Crippen molar-refractivity contribution in [2.45, 2.75) is 6.92 Å². The summed E-state index contributed by atoms with van der Waals surface area (Å²) in [6, 6.07) is 20.8. The Morgan fingerprint density at radius 1 is 0.564 bits per heavy atom. The van der Waals surface area contributed by atoms with Crippen molar-refractivity contribution in [3.8, 4) is 33.9 Å². The highest BCUT2D eigenvalue weighted by molar-refractivity contribution is 6.04. The van der Waals surface area contributed by atoms with Crippen LogP contribution >= 0.6 is 0 Å². The number of nitrogens with zero attached hydrogens (tertiary/aromatic N) is 4. The molecular weight excluding hydrogens is 492 g/mol. The van der Waals surface area contributed by atoms with Gasteiger partial charge in [0.25, 0.3) is 0 Å². The third-order valence-electron chi connectivity index (χ3n) is 6.63. The molecule has 0 unspecified atom stereocenters. The lowest BCUT2D eigenvalue weighted by Gasteiger charge is -2.06. The average Bonchev–Trinajstić information content (AvgIpc) is 2.97. The van der Waals surface area contributed by atoms with E-state index in [-0.39, 0.29) is 0 Å². The van der Waals surface area contributed by atoms with Gasteiger partial charge in [-0.1, -0.05) is 48.5 Å². The smallest absolute Gasteiger partial charge is 0.345 e. The zero-order valence-corrected chi connectivity index (χ0v) is 20.6. The van der Waals surface area contributed by atoms with Crippen LogP contribution in [0, 0.1) is 6.92 Å². The minimum Gasteiger partial charge on any atom is -0.422 e. The van der Waals surface area contributed by atoms with Crippen molar-refractivity contribution in [2.75, 3.05) is 0 Å². The number of aromatic nitrogens is 4. The predicted molar refractivity (Wildman–Crippen MR) is 148 cm³/mol. The molecule has 8 heteroatoms. The fourth-order valence-electron chi connectivity index (χ4n) is 4.62. The van der Waals surface area contributed by atoms with Gasteiger partial charge in [0.2, 0.25) is 0 Å². The Balaban J connectivity index is 1.20. The van der Waals surface area contributed by atoms with E-state index in [2.05, 4.69) is 19.9 Å². The van der Waals surface area contributed by atoms with Crippen LogP contribution in [0.25, 0.3) is 66.6 Å². The van der Waals surface area contributed by atoms with Gasteiger partial charge in [-0.05, 0) is 36.1 Å². The van der Waals surface area contributed by atoms with E-state index in [4.69, 9.17) is 8.83 Å². The van der Waals surface area contributed by atoms with Crippen LogP contribution in [0.2, 0.25) is 0 Å². The van der Waals surface area contributed by atoms with Gasteiger partial charge in [-0.25, -0.2) is 9.59 Å². The lowest BCUT2D eigenvalue weighted by molar-refractivity contribution is 0.563. The maximum Gasteiger partial charge on any atom is 0.345 e. The summed E-state index contributed by atoms with van der Waals surface area (Å²) < 4.78 is 11.2. The average molecular weight is 511 g/mol. The molecule has 7 rings (SSSR count). The van der Waals surface area contributed by atoms with Crippen molar-refractivity contribution < 1.29 is 8.83 Å². The maximum absolute atomic E-state index is 12.8. The molecule has 186 valence electrons. The highest BCUT2D eigenvalue weighted by Crippen LogP contribution is 2.27. The Kier molecular flexibility index (Phi) is 5.12. The third kappa shape index (κ3) is 3.95. The van der Waals surface area contributed by atoms with Gasteiger partial charge in [-0.3, -0.25) is 19.9 Å². The predicted octanol–water partition coefficient (Wildman–Crippen LogP) is 5.94. The fourth-order valence-corrected chi connectivity index (χ4v) is 4.62. The van der Waals surface area contributed by atoms with E-state index in [1.165, 1.54) is 24.8 Å². The first-order valence-electron chi connectivity index (χ1n) is 12.2. The lowest BCUT2D eigenvalue weighted by Crippen LogP contribution is -2.05. The van der Waals surface area contributed by atoms with Gasteiger partial charge >= 0.3 is 11.3 Å². The highest BCUT2D eigenvalue weighted by atomic mass is 16.4. The molecule has 0 spiro atoms. The summed E-state index contributed by atoms with van der Waals surface area (Å²) in [4.78, 5) is 43.1. The quantitative estimate of drug-likeness (QED) is 0.212. The molecule has 0 N–H and O–H groups in total. The molecule has 0 fully saturated rings. The molecule has 0 aliphatic carbocycles. The van der Waals surface area contributed by atoms with E-state index >= 15 is 0 Å². The second-order valence-corrected chi connectivity index (χ2v) is 9.22. The van der Waals surface area contributed by atoms with Crippen LogP contribution in [0.4, 0.5) is 0 Å². The molecule has 8 nitrogen and oxygen atoms in total. The Bertz CT molecular complexity index is 2170. The van der Waals surface area contributed by atoms with Gasteiger partial charge < -0.3 is 8.83 Å². The Morgan fingerprint density at radius 3 is 1.82 bits per heavy atom. The molecule has 0 atom stereocenters. The molecule has 39 heavy (non-hydrogen) atoms. The molecule has 0 aliphatic rings. The second-order valence-electron chi connectivity index (χ2n) is 9.22. The van der Waals surface area contributed by atoms with Gasteiger partial charge in [-0.15, -0.1) is 0 Å². The van der Waals surface area contributed by atoms with E-state index in [1.54, 1.807) is 12.1 Å². The number of fused-ring (bicyclic) bond motifs is 4. The van der Waals surface area contributed by atoms with E-state index in [0.29, 0.717) is 45.1 Å². The number of hydrogen-bond acceptors (Lipinski definition) is 8. The molecule has 0 amide bonds. The molecule has 7 aromatic rings. The molecule has 0 saturated heterocycles. The minimum absolute atomic E-state index is 0.316. The van der Waals surface area contributed by atoms with Crippen molar-refractivity contribution in [1.29, 1.82) is 0 Å². The third-order valence-corrected chi connectivity index (χ3v) is 6.63. The highest BCUT2D eigenvalue weighted by Gasteiger charge is 2.14. The first kappa shape index (κ1) is 22.7. The summed E-state index contributed by atoms with van der Waals surface area (Å²) in [5.74, 6) is 0. The van der Waals surface area contributed by atoms with Gasteiger partial charge in [0.15, 0.2) is 0 Å². The van der Waals surface area contributed by atoms with Crippen molar-refractivity contribution in [1.82, 2.24) is 19.9 Å². The van der Waals surface area contributed by atoms with Crippen LogP contribution in [-0.4, -0.2) is 19.9 Å². The molecule has 0 radical (unpaired) electrons. The van der Waals surface area contributed by atoms with Crippen molar-refractivity contribution in [3.63, 3.8) is 0 Å². The SMILES string of the molecule is Cc1ccc2cc(-c3cnc(-c4cnc(-c5cc6ccc7ccccc7c6oc5=O)cn4)cn3)c(=O)oc2c1. The number of benzene rings is 3. The van der Waals surface area contributed by atoms with E-state index in [1.807, 2.05) is 61.5 Å². The summed E-state index contributed by atoms with van der Waals surface area (Å²) >= 11 is 0. The monoisotopic (exact) mass is 510 g/mol. The van der Waals surface area contributed by atoms with Gasteiger partial charge in [0, 0.05) is 16.2 Å². The summed E-state index contributed by atoms with van der Waals surface area (Å²) in [7, 11) is 0. The first-order chi connectivity index (χ1) is 19.0. The zero-order chi connectivity index (χ0) is 26.5. The van der Waals surface area contributed by atoms with E-state index < -0.39 is 11.3 Å². The summed E-state index contributed by atoms with van der Waals surface area (Å²) in [5.41, 5.74) is 3.44. The topological polar surface area (TPSA) is 112 Å². The summed E-state index contributed by atoms with van der Waals surface area (Å²) in [6.45, 7) is 1.94. The lowest BCUT2D eigenvalue weighted by atomic mass is 10.1. The summed E-state index contributed by atoms with van der Waals surface area (Å²) in [6.07, 6.45) is 6.05. The van der Waals surface area contributed by atoms with Crippen LogP contribution in [-0.2, 0) is 0 Å². The standard InChI is InChI=1S/C31H18N4O4/c1-17-6-7-19-11-22(30(36)38-28(19)10-17)24-13-34-26(15-32-24)27-16-33-25(14-35-27)23-12-20-9-8-18-4-2-3-5-21(18)29(20)39-31(23)37/h2-16H,1H3. The normalized spacial score (nSPS) is 11.4. The maximum atomic E-state index is 12.8. The Labute approximate surface area is 220 Å². The fraction of sp³-hybridized carbons (Fsp3) is 0.0323. The Hall–Kier alpha value is -5.50. The second kappa shape index (κ2) is 8.81. The molecule has 4 heterocycles.